The Labute approximate surface area is 103 Å². The molecule has 1 fully saturated rings. The van der Waals surface area contributed by atoms with Crippen molar-refractivity contribution in [2.24, 2.45) is 11.1 Å². The van der Waals surface area contributed by atoms with Crippen molar-refractivity contribution in [1.82, 2.24) is 4.98 Å². The van der Waals surface area contributed by atoms with Crippen molar-refractivity contribution in [2.45, 2.75) is 39.5 Å². The maximum Gasteiger partial charge on any atom is 0.140 e. The molecule has 0 atom stereocenters. The summed E-state index contributed by atoms with van der Waals surface area (Å²) < 4.78 is 5.94. The molecule has 3 nitrogen and oxygen atoms in total. The summed E-state index contributed by atoms with van der Waals surface area (Å²) in [6, 6.07) is 4.05. The molecule has 94 valence electrons. The number of aromatic nitrogens is 1. The first-order chi connectivity index (χ1) is 8.19. The summed E-state index contributed by atoms with van der Waals surface area (Å²) in [5, 5.41) is 0. The number of hydrogen-bond acceptors (Lipinski definition) is 3. The highest BCUT2D eigenvalue weighted by atomic mass is 16.5. The van der Waals surface area contributed by atoms with Gasteiger partial charge in [-0.25, -0.2) is 0 Å². The summed E-state index contributed by atoms with van der Waals surface area (Å²) in [6.07, 6.45) is 4.50. The largest absolute Gasteiger partial charge is 0.491 e. The van der Waals surface area contributed by atoms with Crippen LogP contribution in [0.2, 0.25) is 0 Å². The molecule has 0 aliphatic heterocycles. The first-order valence-corrected chi connectivity index (χ1v) is 6.48. The molecule has 2 rings (SSSR count). The van der Waals surface area contributed by atoms with Gasteiger partial charge in [-0.3, -0.25) is 4.98 Å². The van der Waals surface area contributed by atoms with Gasteiger partial charge in [0.05, 0.1) is 12.3 Å². The summed E-state index contributed by atoms with van der Waals surface area (Å²) in [4.78, 5) is 4.51. The molecule has 1 aliphatic rings. The molecule has 1 aromatic rings. The maximum absolute atomic E-state index is 5.94. The van der Waals surface area contributed by atoms with Crippen LogP contribution in [0.5, 0.6) is 5.75 Å². The molecule has 0 amide bonds. The Morgan fingerprint density at radius 1 is 1.41 bits per heavy atom. The van der Waals surface area contributed by atoms with Crippen molar-refractivity contribution in [3.8, 4) is 5.75 Å². The van der Waals surface area contributed by atoms with Crippen molar-refractivity contribution >= 4 is 0 Å². The van der Waals surface area contributed by atoms with Gasteiger partial charge in [0.15, 0.2) is 0 Å². The van der Waals surface area contributed by atoms with Crippen molar-refractivity contribution in [3.63, 3.8) is 0 Å². The summed E-state index contributed by atoms with van der Waals surface area (Å²) in [5.41, 5.74) is 8.11. The molecule has 0 spiro atoms. The van der Waals surface area contributed by atoms with Gasteiger partial charge in [-0.15, -0.1) is 0 Å². The average molecular weight is 234 g/mol. The van der Waals surface area contributed by atoms with Gasteiger partial charge < -0.3 is 10.5 Å². The fraction of sp³-hybridized carbons (Fsp3) is 0.643. The molecule has 0 bridgehead atoms. The predicted molar refractivity (Wildman–Crippen MR) is 69.2 cm³/mol. The van der Waals surface area contributed by atoms with E-state index in [-0.39, 0.29) is 0 Å². The molecule has 2 N–H and O–H groups in total. The van der Waals surface area contributed by atoms with Crippen molar-refractivity contribution in [3.05, 3.63) is 23.5 Å². The minimum absolute atomic E-state index is 0.366. The number of ether oxygens (including phenoxy) is 1. The van der Waals surface area contributed by atoms with E-state index < -0.39 is 0 Å². The van der Waals surface area contributed by atoms with Crippen LogP contribution in [0.3, 0.4) is 0 Å². The molecule has 0 unspecified atom stereocenters. The minimum atomic E-state index is 0.366. The first kappa shape index (κ1) is 12.4. The highest BCUT2D eigenvalue weighted by Crippen LogP contribution is 2.48. The van der Waals surface area contributed by atoms with Crippen LogP contribution in [-0.2, 0) is 6.42 Å². The van der Waals surface area contributed by atoms with Gasteiger partial charge in [0.2, 0.25) is 0 Å². The summed E-state index contributed by atoms with van der Waals surface area (Å²) in [5.74, 6) is 0.946. The second-order valence-corrected chi connectivity index (χ2v) is 5.08. The highest BCUT2D eigenvalue weighted by Gasteiger charge is 2.42. The monoisotopic (exact) mass is 234 g/mol. The topological polar surface area (TPSA) is 48.1 Å². The number of rotatable bonds is 6. The molecule has 1 aromatic heterocycles. The van der Waals surface area contributed by atoms with Gasteiger partial charge in [0.1, 0.15) is 5.75 Å². The third-order valence-electron chi connectivity index (χ3n) is 3.57. The zero-order valence-electron chi connectivity index (χ0n) is 10.8. The van der Waals surface area contributed by atoms with E-state index in [2.05, 4.69) is 11.9 Å². The molecule has 1 saturated carbocycles. The molecule has 0 radical (unpaired) electrons. The van der Waals surface area contributed by atoms with Crippen molar-refractivity contribution < 1.29 is 4.74 Å². The summed E-state index contributed by atoms with van der Waals surface area (Å²) >= 11 is 0. The standard InChI is InChI=1S/C14H22N2O/c1-3-12-13(5-4-11(2)16-12)17-10-14(6-7-14)8-9-15/h4-5H,3,6-10,15H2,1-2H3. The SMILES string of the molecule is CCc1nc(C)ccc1OCC1(CCN)CC1. The highest BCUT2D eigenvalue weighted by molar-refractivity contribution is 5.29. The van der Waals surface area contributed by atoms with Crippen molar-refractivity contribution in [1.29, 1.82) is 0 Å². The Hall–Kier alpha value is -1.09. The molecule has 1 aliphatic carbocycles. The van der Waals surface area contributed by atoms with Gasteiger partial charge in [-0.05, 0) is 51.3 Å². The molecular weight excluding hydrogens is 212 g/mol. The van der Waals surface area contributed by atoms with Crippen LogP contribution in [0.15, 0.2) is 12.1 Å². The van der Waals surface area contributed by atoms with Gasteiger partial charge in [0, 0.05) is 11.1 Å². The van der Waals surface area contributed by atoms with Crippen LogP contribution in [0.25, 0.3) is 0 Å². The lowest BCUT2D eigenvalue weighted by atomic mass is 10.0. The fourth-order valence-electron chi connectivity index (χ4n) is 2.16. The third-order valence-corrected chi connectivity index (χ3v) is 3.57. The van der Waals surface area contributed by atoms with E-state index >= 15 is 0 Å². The Morgan fingerprint density at radius 2 is 2.18 bits per heavy atom. The van der Waals surface area contributed by atoms with Crippen LogP contribution < -0.4 is 10.5 Å². The molecule has 17 heavy (non-hydrogen) atoms. The second kappa shape index (κ2) is 5.05. The number of pyridine rings is 1. The number of aryl methyl sites for hydroxylation is 2. The zero-order valence-corrected chi connectivity index (χ0v) is 10.8. The zero-order chi connectivity index (χ0) is 12.3. The van der Waals surface area contributed by atoms with E-state index in [0.29, 0.717) is 5.41 Å². The molecule has 0 saturated heterocycles. The van der Waals surface area contributed by atoms with Crippen molar-refractivity contribution in [2.75, 3.05) is 13.2 Å². The maximum atomic E-state index is 5.94. The van der Waals surface area contributed by atoms with E-state index in [4.69, 9.17) is 10.5 Å². The van der Waals surface area contributed by atoms with Crippen LogP contribution in [0, 0.1) is 12.3 Å². The Bertz CT molecular complexity index is 386. The predicted octanol–water partition coefficient (Wildman–Crippen LogP) is 2.46. The number of nitrogens with two attached hydrogens (primary N) is 1. The Balaban J connectivity index is 1.99. The molecular formula is C14H22N2O. The van der Waals surface area contributed by atoms with Crippen LogP contribution >= 0.6 is 0 Å². The quantitative estimate of drug-likeness (QED) is 0.822. The first-order valence-electron chi connectivity index (χ1n) is 6.48. The Morgan fingerprint density at radius 3 is 2.76 bits per heavy atom. The molecule has 0 aromatic carbocycles. The summed E-state index contributed by atoms with van der Waals surface area (Å²) in [6.45, 7) is 5.68. The average Bonchev–Trinajstić information content (AvgIpc) is 3.08. The lowest BCUT2D eigenvalue weighted by Crippen LogP contribution is -2.18. The van der Waals surface area contributed by atoms with Gasteiger partial charge in [-0.2, -0.15) is 0 Å². The van der Waals surface area contributed by atoms with Crippen LogP contribution in [0.1, 0.15) is 37.6 Å². The third kappa shape index (κ3) is 2.97. The van der Waals surface area contributed by atoms with Crippen LogP contribution in [-0.4, -0.2) is 18.1 Å². The van der Waals surface area contributed by atoms with Gasteiger partial charge in [-0.1, -0.05) is 6.92 Å². The second-order valence-electron chi connectivity index (χ2n) is 5.08. The van der Waals surface area contributed by atoms with E-state index in [9.17, 15) is 0 Å². The van der Waals surface area contributed by atoms with E-state index in [1.807, 2.05) is 19.1 Å². The normalized spacial score (nSPS) is 16.9. The van der Waals surface area contributed by atoms with Crippen LogP contribution in [0.4, 0.5) is 0 Å². The van der Waals surface area contributed by atoms with E-state index in [1.54, 1.807) is 0 Å². The van der Waals surface area contributed by atoms with E-state index in [1.165, 1.54) is 12.8 Å². The number of nitrogens with zero attached hydrogens (tertiary/aromatic N) is 1. The van der Waals surface area contributed by atoms with Gasteiger partial charge in [0.25, 0.3) is 0 Å². The smallest absolute Gasteiger partial charge is 0.140 e. The van der Waals surface area contributed by atoms with Gasteiger partial charge >= 0.3 is 0 Å². The minimum Gasteiger partial charge on any atom is -0.491 e. The fourth-order valence-corrected chi connectivity index (χ4v) is 2.16. The molecule has 1 heterocycles. The lowest BCUT2D eigenvalue weighted by Gasteiger charge is -2.16. The molecule has 3 heteroatoms. The lowest BCUT2D eigenvalue weighted by molar-refractivity contribution is 0.224. The van der Waals surface area contributed by atoms with E-state index in [0.717, 1.165) is 43.1 Å². The Kier molecular flexibility index (Phi) is 3.67. The number of hydrogen-bond donors (Lipinski definition) is 1. The summed E-state index contributed by atoms with van der Waals surface area (Å²) in [7, 11) is 0.